The van der Waals surface area contributed by atoms with Gasteiger partial charge in [0.1, 0.15) is 12.1 Å². The van der Waals surface area contributed by atoms with Crippen LogP contribution in [0, 0.1) is 12.3 Å². The average Bonchev–Trinajstić information content (AvgIpc) is 3.09. The van der Waals surface area contributed by atoms with Gasteiger partial charge in [-0.2, -0.15) is 0 Å². The summed E-state index contributed by atoms with van der Waals surface area (Å²) >= 11 is 0. The van der Waals surface area contributed by atoms with Gasteiger partial charge in [0.15, 0.2) is 0 Å². The minimum absolute atomic E-state index is 0.507. The van der Waals surface area contributed by atoms with Gasteiger partial charge in [-0.1, -0.05) is 11.6 Å². The lowest BCUT2D eigenvalue weighted by Gasteiger charge is -2.40. The first-order valence-electron chi connectivity index (χ1n) is 10.0. The normalized spacial score (nSPS) is 28.3. The molecule has 0 atom stereocenters. The fourth-order valence-electron chi connectivity index (χ4n) is 4.97. The van der Waals surface area contributed by atoms with Crippen molar-refractivity contribution >= 4 is 16.7 Å². The molecule has 1 spiro atoms. The summed E-state index contributed by atoms with van der Waals surface area (Å²) in [5.74, 6) is 0.994. The third kappa shape index (κ3) is 2.97. The number of likely N-dealkylation sites (tertiary alicyclic amines) is 1. The van der Waals surface area contributed by atoms with Crippen LogP contribution >= 0.6 is 0 Å². The summed E-state index contributed by atoms with van der Waals surface area (Å²) in [6.07, 6.45) is 8.03. The number of rotatable bonds is 3. The van der Waals surface area contributed by atoms with Gasteiger partial charge >= 0.3 is 0 Å². The largest absolute Gasteiger partial charge is 0.380 e. The third-order valence-corrected chi connectivity index (χ3v) is 6.63. The van der Waals surface area contributed by atoms with Crippen LogP contribution in [-0.2, 0) is 4.74 Å². The van der Waals surface area contributed by atoms with Crippen molar-refractivity contribution < 1.29 is 4.74 Å². The van der Waals surface area contributed by atoms with Gasteiger partial charge in [0.2, 0.25) is 0 Å². The molecular formula is C21H28N4O. The molecule has 0 bridgehead atoms. The van der Waals surface area contributed by atoms with Crippen LogP contribution in [-0.4, -0.2) is 53.3 Å². The Labute approximate surface area is 155 Å². The number of benzene rings is 1. The van der Waals surface area contributed by atoms with E-state index in [0.29, 0.717) is 11.5 Å². The lowest BCUT2D eigenvalue weighted by atomic mass is 9.85. The van der Waals surface area contributed by atoms with Crippen LogP contribution in [0.4, 0.5) is 5.82 Å². The Kier molecular flexibility index (Phi) is 4.09. The number of nitrogens with one attached hydrogen (secondary N) is 1. The van der Waals surface area contributed by atoms with Gasteiger partial charge in [-0.15, -0.1) is 0 Å². The minimum Gasteiger partial charge on any atom is -0.380 e. The van der Waals surface area contributed by atoms with Crippen LogP contribution in [0.25, 0.3) is 10.9 Å². The lowest BCUT2D eigenvalue weighted by molar-refractivity contribution is -0.106. The molecule has 3 heterocycles. The topological polar surface area (TPSA) is 50.3 Å². The number of hydrogen-bond donors (Lipinski definition) is 1. The van der Waals surface area contributed by atoms with Crippen LogP contribution in [0.15, 0.2) is 24.5 Å². The van der Waals surface area contributed by atoms with Crippen LogP contribution in [0.2, 0.25) is 0 Å². The highest BCUT2D eigenvalue weighted by Crippen LogP contribution is 2.40. The highest BCUT2D eigenvalue weighted by atomic mass is 16.5. The fraction of sp³-hybridized carbons (Fsp3) is 0.619. The van der Waals surface area contributed by atoms with Crippen molar-refractivity contribution in [2.75, 3.05) is 31.6 Å². The molecular weight excluding hydrogens is 324 g/mol. The van der Waals surface area contributed by atoms with Gasteiger partial charge in [-0.25, -0.2) is 9.97 Å². The van der Waals surface area contributed by atoms with Crippen molar-refractivity contribution in [3.8, 4) is 0 Å². The van der Waals surface area contributed by atoms with Crippen molar-refractivity contribution in [1.29, 1.82) is 0 Å². The first-order chi connectivity index (χ1) is 12.7. The zero-order valence-corrected chi connectivity index (χ0v) is 15.6. The van der Waals surface area contributed by atoms with E-state index in [2.05, 4.69) is 45.3 Å². The quantitative estimate of drug-likeness (QED) is 0.918. The summed E-state index contributed by atoms with van der Waals surface area (Å²) in [5, 5.41) is 4.85. The van der Waals surface area contributed by atoms with E-state index in [9.17, 15) is 0 Å². The van der Waals surface area contributed by atoms with Crippen LogP contribution in [0.5, 0.6) is 0 Å². The lowest BCUT2D eigenvalue weighted by Crippen LogP contribution is -2.47. The Bertz CT molecular complexity index is 796. The van der Waals surface area contributed by atoms with E-state index in [1.165, 1.54) is 50.8 Å². The third-order valence-electron chi connectivity index (χ3n) is 6.63. The summed E-state index contributed by atoms with van der Waals surface area (Å²) in [4.78, 5) is 11.7. The zero-order chi connectivity index (χ0) is 17.6. The van der Waals surface area contributed by atoms with Crippen molar-refractivity contribution in [1.82, 2.24) is 14.9 Å². The predicted molar refractivity (Wildman–Crippen MR) is 103 cm³/mol. The highest BCUT2D eigenvalue weighted by molar-refractivity contribution is 5.89. The Morgan fingerprint density at radius 1 is 1.15 bits per heavy atom. The second kappa shape index (κ2) is 6.46. The molecule has 3 fully saturated rings. The molecule has 5 nitrogen and oxygen atoms in total. The number of aryl methyl sites for hydroxylation is 1. The van der Waals surface area contributed by atoms with Gasteiger partial charge in [0.05, 0.1) is 18.7 Å². The molecule has 5 rings (SSSR count). The Hall–Kier alpha value is -1.72. The van der Waals surface area contributed by atoms with E-state index in [1.54, 1.807) is 6.33 Å². The number of anilines is 1. The van der Waals surface area contributed by atoms with E-state index in [1.807, 2.05) is 0 Å². The van der Waals surface area contributed by atoms with Gasteiger partial charge in [0, 0.05) is 29.4 Å². The predicted octanol–water partition coefficient (Wildman–Crippen LogP) is 3.38. The summed E-state index contributed by atoms with van der Waals surface area (Å²) in [5.41, 5.74) is 2.78. The second-order valence-electron chi connectivity index (χ2n) is 8.61. The maximum atomic E-state index is 5.47. The first kappa shape index (κ1) is 16.5. The summed E-state index contributed by atoms with van der Waals surface area (Å²) in [6.45, 7) is 6.62. The summed E-state index contributed by atoms with van der Waals surface area (Å²) < 4.78 is 5.47. The van der Waals surface area contributed by atoms with Gasteiger partial charge in [-0.3, -0.25) is 4.90 Å². The Morgan fingerprint density at radius 3 is 2.73 bits per heavy atom. The van der Waals surface area contributed by atoms with Gasteiger partial charge in [-0.05, 0) is 57.7 Å². The molecule has 0 amide bonds. The summed E-state index contributed by atoms with van der Waals surface area (Å²) in [6, 6.07) is 7.67. The minimum atomic E-state index is 0.507. The monoisotopic (exact) mass is 352 g/mol. The molecule has 2 aliphatic heterocycles. The van der Waals surface area contributed by atoms with Crippen molar-refractivity contribution in [2.45, 2.75) is 51.1 Å². The Balaban J connectivity index is 1.22. The summed E-state index contributed by atoms with van der Waals surface area (Å²) in [7, 11) is 0. The maximum absolute atomic E-state index is 5.47. The molecule has 1 N–H and O–H groups in total. The SMILES string of the molecule is Cc1ccc2ncnc(NC3CCC(N4CCC5(COC5)C4)CC3)c2c1. The van der Waals surface area contributed by atoms with Gasteiger partial charge < -0.3 is 10.1 Å². The molecule has 2 saturated heterocycles. The first-order valence-corrected chi connectivity index (χ1v) is 10.0. The fourth-order valence-corrected chi connectivity index (χ4v) is 4.97. The number of aromatic nitrogens is 2. The van der Waals surface area contributed by atoms with E-state index in [0.717, 1.165) is 36.0 Å². The van der Waals surface area contributed by atoms with Crippen LogP contribution in [0.3, 0.4) is 0 Å². The zero-order valence-electron chi connectivity index (χ0n) is 15.6. The molecule has 2 aromatic rings. The average molecular weight is 352 g/mol. The number of hydrogen-bond acceptors (Lipinski definition) is 5. The molecule has 138 valence electrons. The molecule has 0 radical (unpaired) electrons. The van der Waals surface area contributed by atoms with E-state index >= 15 is 0 Å². The van der Waals surface area contributed by atoms with E-state index < -0.39 is 0 Å². The number of ether oxygens (including phenoxy) is 1. The smallest absolute Gasteiger partial charge is 0.137 e. The van der Waals surface area contributed by atoms with E-state index in [-0.39, 0.29) is 0 Å². The van der Waals surface area contributed by atoms with E-state index in [4.69, 9.17) is 4.74 Å². The molecule has 0 unspecified atom stereocenters. The maximum Gasteiger partial charge on any atom is 0.137 e. The number of nitrogens with zero attached hydrogens (tertiary/aromatic N) is 3. The molecule has 5 heteroatoms. The van der Waals surface area contributed by atoms with Gasteiger partial charge in [0.25, 0.3) is 0 Å². The second-order valence-corrected chi connectivity index (χ2v) is 8.61. The molecule has 3 aliphatic rings. The molecule has 1 saturated carbocycles. The van der Waals surface area contributed by atoms with Crippen LogP contribution in [0.1, 0.15) is 37.7 Å². The molecule has 1 aromatic carbocycles. The van der Waals surface area contributed by atoms with Crippen molar-refractivity contribution in [3.63, 3.8) is 0 Å². The standard InChI is InChI=1S/C21H28N4O/c1-15-2-7-19-18(10-15)20(23-14-22-19)24-16-3-5-17(6-4-16)25-9-8-21(11-25)12-26-13-21/h2,7,10,14,16-17H,3-6,8-9,11-13H2,1H3,(H,22,23,24). The molecule has 1 aliphatic carbocycles. The van der Waals surface area contributed by atoms with Crippen molar-refractivity contribution in [2.24, 2.45) is 5.41 Å². The highest BCUT2D eigenvalue weighted by Gasteiger charge is 2.46. The molecule has 26 heavy (non-hydrogen) atoms. The van der Waals surface area contributed by atoms with Crippen molar-refractivity contribution in [3.05, 3.63) is 30.1 Å². The molecule has 1 aromatic heterocycles. The number of fused-ring (bicyclic) bond motifs is 1. The Morgan fingerprint density at radius 2 is 2.00 bits per heavy atom. The van der Waals surface area contributed by atoms with Crippen LogP contribution < -0.4 is 5.32 Å².